The number of phenols is 1. The Bertz CT molecular complexity index is 801. The molecule has 2 rings (SSSR count). The SMILES string of the molecule is COc1ccc(CNC(=O)C(N)S(=O)(=O)c2ccc(O)cc2)cc1. The van der Waals surface area contributed by atoms with E-state index >= 15 is 0 Å². The molecule has 24 heavy (non-hydrogen) atoms. The fraction of sp³-hybridized carbons (Fsp3) is 0.188. The summed E-state index contributed by atoms with van der Waals surface area (Å²) in [7, 11) is -2.49. The van der Waals surface area contributed by atoms with E-state index in [1.165, 1.54) is 24.3 Å². The van der Waals surface area contributed by atoms with Gasteiger partial charge in [-0.3, -0.25) is 4.79 Å². The van der Waals surface area contributed by atoms with Gasteiger partial charge in [0.2, 0.25) is 9.84 Å². The van der Waals surface area contributed by atoms with Crippen LogP contribution in [0.3, 0.4) is 0 Å². The molecule has 0 aliphatic heterocycles. The average Bonchev–Trinajstić information content (AvgIpc) is 2.59. The molecule has 128 valence electrons. The molecule has 2 aromatic carbocycles. The van der Waals surface area contributed by atoms with Crippen LogP contribution in [0.2, 0.25) is 0 Å². The molecule has 0 aliphatic rings. The van der Waals surface area contributed by atoms with Crippen LogP contribution in [0, 0.1) is 0 Å². The van der Waals surface area contributed by atoms with E-state index in [0.29, 0.717) is 5.75 Å². The van der Waals surface area contributed by atoms with Crippen molar-refractivity contribution in [1.29, 1.82) is 0 Å². The number of sulfone groups is 1. The molecule has 4 N–H and O–H groups in total. The monoisotopic (exact) mass is 350 g/mol. The molecule has 2 aromatic rings. The molecule has 1 unspecified atom stereocenters. The summed E-state index contributed by atoms with van der Waals surface area (Å²) >= 11 is 0. The van der Waals surface area contributed by atoms with Crippen molar-refractivity contribution in [3.63, 3.8) is 0 Å². The van der Waals surface area contributed by atoms with Crippen molar-refractivity contribution in [2.24, 2.45) is 5.73 Å². The fourth-order valence-corrected chi connectivity index (χ4v) is 3.13. The van der Waals surface area contributed by atoms with E-state index in [1.54, 1.807) is 31.4 Å². The predicted molar refractivity (Wildman–Crippen MR) is 88.1 cm³/mol. The standard InChI is InChI=1S/C16H18N2O5S/c1-23-13-6-2-11(3-7-13)10-18-16(20)15(17)24(21,22)14-8-4-12(19)5-9-14/h2-9,15,19H,10,17H2,1H3,(H,18,20). The lowest BCUT2D eigenvalue weighted by Crippen LogP contribution is -2.45. The van der Waals surface area contributed by atoms with Crippen LogP contribution in [-0.2, 0) is 21.2 Å². The number of nitrogens with two attached hydrogens (primary N) is 1. The summed E-state index contributed by atoms with van der Waals surface area (Å²) in [6.45, 7) is 0.141. The zero-order valence-corrected chi connectivity index (χ0v) is 13.8. The third kappa shape index (κ3) is 4.03. The van der Waals surface area contributed by atoms with Crippen LogP contribution >= 0.6 is 0 Å². The Morgan fingerprint density at radius 3 is 2.29 bits per heavy atom. The van der Waals surface area contributed by atoms with E-state index in [0.717, 1.165) is 5.56 Å². The first-order valence-corrected chi connectivity index (χ1v) is 8.58. The van der Waals surface area contributed by atoms with Crippen molar-refractivity contribution < 1.29 is 23.1 Å². The van der Waals surface area contributed by atoms with Crippen LogP contribution in [0.4, 0.5) is 0 Å². The zero-order chi connectivity index (χ0) is 17.7. The number of aromatic hydroxyl groups is 1. The molecular weight excluding hydrogens is 332 g/mol. The van der Waals surface area contributed by atoms with Crippen molar-refractivity contribution >= 4 is 15.7 Å². The van der Waals surface area contributed by atoms with Crippen LogP contribution in [-0.4, -0.2) is 31.9 Å². The molecule has 0 spiro atoms. The van der Waals surface area contributed by atoms with E-state index in [-0.39, 0.29) is 17.2 Å². The molecule has 0 bridgehead atoms. The number of hydrogen-bond donors (Lipinski definition) is 3. The molecule has 0 aliphatic carbocycles. The lowest BCUT2D eigenvalue weighted by atomic mass is 10.2. The van der Waals surface area contributed by atoms with E-state index in [2.05, 4.69) is 5.32 Å². The number of nitrogens with one attached hydrogen (secondary N) is 1. The molecule has 1 amide bonds. The second kappa shape index (κ2) is 7.33. The van der Waals surface area contributed by atoms with Gasteiger partial charge in [0.05, 0.1) is 12.0 Å². The van der Waals surface area contributed by atoms with Gasteiger partial charge in [-0.2, -0.15) is 0 Å². The summed E-state index contributed by atoms with van der Waals surface area (Å²) in [5.74, 6) is -0.206. The number of benzene rings is 2. The second-order valence-corrected chi connectivity index (χ2v) is 7.09. The normalized spacial score (nSPS) is 12.4. The molecule has 0 saturated carbocycles. The molecule has 0 radical (unpaired) electrons. The highest BCUT2D eigenvalue weighted by Crippen LogP contribution is 2.17. The summed E-state index contributed by atoms with van der Waals surface area (Å²) in [5, 5.41) is 9.96. The van der Waals surface area contributed by atoms with Crippen molar-refractivity contribution in [2.75, 3.05) is 7.11 Å². The van der Waals surface area contributed by atoms with Gasteiger partial charge >= 0.3 is 0 Å². The Hall–Kier alpha value is -2.58. The second-order valence-electron chi connectivity index (χ2n) is 5.03. The first kappa shape index (κ1) is 17.8. The first-order valence-electron chi connectivity index (χ1n) is 7.04. The third-order valence-corrected chi connectivity index (χ3v) is 5.20. The lowest BCUT2D eigenvalue weighted by Gasteiger charge is -2.13. The Balaban J connectivity index is 2.03. The molecule has 1 atom stereocenters. The van der Waals surface area contributed by atoms with Crippen molar-refractivity contribution in [3.8, 4) is 11.5 Å². The summed E-state index contributed by atoms with van der Waals surface area (Å²) in [4.78, 5) is 11.9. The van der Waals surface area contributed by atoms with Gasteiger partial charge in [-0.05, 0) is 42.0 Å². The lowest BCUT2D eigenvalue weighted by molar-refractivity contribution is -0.120. The molecule has 0 aromatic heterocycles. The van der Waals surface area contributed by atoms with Crippen LogP contribution < -0.4 is 15.8 Å². The number of phenolic OH excluding ortho intramolecular Hbond substituents is 1. The third-order valence-electron chi connectivity index (χ3n) is 3.38. The van der Waals surface area contributed by atoms with Gasteiger partial charge in [-0.25, -0.2) is 8.42 Å². The predicted octanol–water partition coefficient (Wildman–Crippen LogP) is 0.776. The van der Waals surface area contributed by atoms with E-state index in [4.69, 9.17) is 10.5 Å². The first-order chi connectivity index (χ1) is 11.3. The number of carbonyl (C=O) groups is 1. The van der Waals surface area contributed by atoms with E-state index in [9.17, 15) is 18.3 Å². The molecule has 0 fully saturated rings. The highest BCUT2D eigenvalue weighted by atomic mass is 32.2. The largest absolute Gasteiger partial charge is 0.508 e. The van der Waals surface area contributed by atoms with Gasteiger partial charge in [-0.1, -0.05) is 12.1 Å². The smallest absolute Gasteiger partial charge is 0.253 e. The van der Waals surface area contributed by atoms with Gasteiger partial charge in [0, 0.05) is 6.54 Å². The van der Waals surface area contributed by atoms with Gasteiger partial charge < -0.3 is 20.9 Å². The molecule has 8 heteroatoms. The highest BCUT2D eigenvalue weighted by Gasteiger charge is 2.30. The number of rotatable bonds is 6. The molecule has 7 nitrogen and oxygen atoms in total. The van der Waals surface area contributed by atoms with Crippen molar-refractivity contribution in [3.05, 3.63) is 54.1 Å². The van der Waals surface area contributed by atoms with E-state index in [1.807, 2.05) is 0 Å². The van der Waals surface area contributed by atoms with Crippen molar-refractivity contribution in [1.82, 2.24) is 5.32 Å². The van der Waals surface area contributed by atoms with Gasteiger partial charge in [-0.15, -0.1) is 0 Å². The van der Waals surface area contributed by atoms with Gasteiger partial charge in [0.1, 0.15) is 11.5 Å². The van der Waals surface area contributed by atoms with Crippen LogP contribution in [0.15, 0.2) is 53.4 Å². The van der Waals surface area contributed by atoms with Gasteiger partial charge in [0.15, 0.2) is 5.37 Å². The maximum atomic E-state index is 12.3. The topological polar surface area (TPSA) is 119 Å². The Morgan fingerprint density at radius 1 is 1.17 bits per heavy atom. The van der Waals surface area contributed by atoms with Crippen LogP contribution in [0.5, 0.6) is 11.5 Å². The Morgan fingerprint density at radius 2 is 1.75 bits per heavy atom. The van der Waals surface area contributed by atoms with Gasteiger partial charge in [0.25, 0.3) is 5.91 Å². The van der Waals surface area contributed by atoms with Crippen LogP contribution in [0.25, 0.3) is 0 Å². The Labute approximate surface area is 140 Å². The number of carbonyl (C=O) groups excluding carboxylic acids is 1. The summed E-state index contributed by atoms with van der Waals surface area (Å²) < 4.78 is 29.6. The van der Waals surface area contributed by atoms with Crippen LogP contribution in [0.1, 0.15) is 5.56 Å². The minimum Gasteiger partial charge on any atom is -0.508 e. The maximum absolute atomic E-state index is 12.3. The number of ether oxygens (including phenoxy) is 1. The van der Waals surface area contributed by atoms with Crippen molar-refractivity contribution in [2.45, 2.75) is 16.8 Å². The number of amides is 1. The Kier molecular flexibility index (Phi) is 5.42. The highest BCUT2D eigenvalue weighted by molar-refractivity contribution is 7.92. The molecule has 0 saturated heterocycles. The summed E-state index contributed by atoms with van der Waals surface area (Å²) in [6.07, 6.45) is 0. The average molecular weight is 350 g/mol. The minimum atomic E-state index is -4.04. The fourth-order valence-electron chi connectivity index (χ4n) is 1.96. The summed E-state index contributed by atoms with van der Waals surface area (Å²) in [6, 6.07) is 11.8. The van der Waals surface area contributed by atoms with E-state index < -0.39 is 21.1 Å². The number of methoxy groups -OCH3 is 1. The number of hydrogen-bond acceptors (Lipinski definition) is 6. The molecular formula is C16H18N2O5S. The quantitative estimate of drug-likeness (QED) is 0.708. The summed E-state index contributed by atoms with van der Waals surface area (Å²) in [5.41, 5.74) is 6.37. The molecule has 0 heterocycles. The maximum Gasteiger partial charge on any atom is 0.253 e. The minimum absolute atomic E-state index is 0.0773. The zero-order valence-electron chi connectivity index (χ0n) is 13.0.